The normalized spacial score (nSPS) is 16.0. The molecule has 0 bridgehead atoms. The minimum atomic E-state index is -0.330. The average Bonchev–Trinajstić information content (AvgIpc) is 2.68. The second-order valence-corrected chi connectivity index (χ2v) is 3.52. The van der Waals surface area contributed by atoms with Crippen molar-refractivity contribution in [2.45, 2.75) is 13.5 Å². The summed E-state index contributed by atoms with van der Waals surface area (Å²) >= 11 is 0. The molecule has 2 heterocycles. The van der Waals surface area contributed by atoms with Crippen LogP contribution in [0.5, 0.6) is 0 Å². The van der Waals surface area contributed by atoms with Crippen molar-refractivity contribution in [3.8, 4) is 0 Å². The van der Waals surface area contributed by atoms with Crippen molar-refractivity contribution in [2.75, 3.05) is 6.54 Å². The Labute approximate surface area is 86.9 Å². The SMILES string of the molecule is Cc1c(CN2C(=O)CNC2=O)cnn1C. The van der Waals surface area contributed by atoms with E-state index in [9.17, 15) is 9.59 Å². The zero-order valence-corrected chi connectivity index (χ0v) is 8.65. The number of carbonyl (C=O) groups excluding carboxylic acids is 2. The van der Waals surface area contributed by atoms with Crippen LogP contribution >= 0.6 is 0 Å². The van der Waals surface area contributed by atoms with Gasteiger partial charge >= 0.3 is 6.03 Å². The van der Waals surface area contributed by atoms with E-state index in [0.717, 1.165) is 11.3 Å². The quantitative estimate of drug-likeness (QED) is 0.683. The van der Waals surface area contributed by atoms with Gasteiger partial charge in [0, 0.05) is 18.3 Å². The molecule has 1 saturated heterocycles. The lowest BCUT2D eigenvalue weighted by atomic mass is 10.2. The summed E-state index contributed by atoms with van der Waals surface area (Å²) in [6, 6.07) is -0.330. The minimum absolute atomic E-state index is 0.0954. The first-order valence-electron chi connectivity index (χ1n) is 4.65. The maximum Gasteiger partial charge on any atom is 0.324 e. The Hall–Kier alpha value is -1.85. The molecule has 0 radical (unpaired) electrons. The number of aryl methyl sites for hydroxylation is 1. The first kappa shape index (κ1) is 9.70. The van der Waals surface area contributed by atoms with Gasteiger partial charge in [-0.1, -0.05) is 0 Å². The maximum absolute atomic E-state index is 11.3. The molecule has 0 aromatic carbocycles. The zero-order valence-electron chi connectivity index (χ0n) is 8.65. The fourth-order valence-electron chi connectivity index (χ4n) is 1.49. The van der Waals surface area contributed by atoms with Crippen molar-refractivity contribution >= 4 is 11.9 Å². The van der Waals surface area contributed by atoms with Gasteiger partial charge in [0.1, 0.15) is 0 Å². The Kier molecular flexibility index (Phi) is 2.18. The summed E-state index contributed by atoms with van der Waals surface area (Å²) in [5.41, 5.74) is 1.85. The van der Waals surface area contributed by atoms with Crippen molar-refractivity contribution in [2.24, 2.45) is 7.05 Å². The average molecular weight is 208 g/mol. The summed E-state index contributed by atoms with van der Waals surface area (Å²) in [4.78, 5) is 23.8. The molecule has 1 aromatic rings. The molecule has 6 nitrogen and oxygen atoms in total. The number of hydrogen-bond donors (Lipinski definition) is 1. The molecule has 6 heteroatoms. The molecule has 0 unspecified atom stereocenters. The highest BCUT2D eigenvalue weighted by Crippen LogP contribution is 2.11. The molecule has 0 saturated carbocycles. The summed E-state index contributed by atoms with van der Waals surface area (Å²) in [6.45, 7) is 2.29. The van der Waals surface area contributed by atoms with E-state index in [2.05, 4.69) is 10.4 Å². The Morgan fingerprint density at radius 1 is 1.53 bits per heavy atom. The van der Waals surface area contributed by atoms with Gasteiger partial charge in [-0.05, 0) is 6.92 Å². The number of hydrogen-bond acceptors (Lipinski definition) is 3. The molecule has 1 fully saturated rings. The van der Waals surface area contributed by atoms with Crippen molar-refractivity contribution in [3.63, 3.8) is 0 Å². The van der Waals surface area contributed by atoms with Crippen molar-refractivity contribution in [3.05, 3.63) is 17.5 Å². The molecule has 1 aromatic heterocycles. The molecule has 1 N–H and O–H groups in total. The first-order valence-corrected chi connectivity index (χ1v) is 4.65. The number of urea groups is 1. The Balaban J connectivity index is 2.18. The highest BCUT2D eigenvalue weighted by atomic mass is 16.2. The molecular formula is C9H12N4O2. The number of rotatable bonds is 2. The third kappa shape index (κ3) is 1.58. The summed E-state index contributed by atoms with van der Waals surface area (Å²) in [6.07, 6.45) is 1.67. The number of nitrogens with one attached hydrogen (secondary N) is 1. The standard InChI is InChI=1S/C9H12N4O2/c1-6-7(3-11-12(6)2)5-13-8(14)4-10-9(13)15/h3H,4-5H2,1-2H3,(H,10,15). The Morgan fingerprint density at radius 2 is 2.27 bits per heavy atom. The summed E-state index contributed by atoms with van der Waals surface area (Å²) < 4.78 is 1.72. The van der Waals surface area contributed by atoms with Crippen molar-refractivity contribution < 1.29 is 9.59 Å². The van der Waals surface area contributed by atoms with Crippen LogP contribution < -0.4 is 5.32 Å². The van der Waals surface area contributed by atoms with E-state index in [-0.39, 0.29) is 18.5 Å². The molecule has 3 amide bonds. The van der Waals surface area contributed by atoms with Gasteiger partial charge in [0.25, 0.3) is 0 Å². The van der Waals surface area contributed by atoms with Crippen LogP contribution in [0, 0.1) is 6.92 Å². The van der Waals surface area contributed by atoms with Gasteiger partial charge < -0.3 is 5.32 Å². The second kappa shape index (κ2) is 3.38. The molecule has 1 aliphatic heterocycles. The molecular weight excluding hydrogens is 196 g/mol. The molecule has 80 valence electrons. The number of carbonyl (C=O) groups is 2. The van der Waals surface area contributed by atoms with Gasteiger partial charge in [0.2, 0.25) is 5.91 Å². The van der Waals surface area contributed by atoms with E-state index in [0.29, 0.717) is 6.54 Å². The lowest BCUT2D eigenvalue weighted by molar-refractivity contribution is -0.125. The summed E-state index contributed by atoms with van der Waals surface area (Å²) in [5.74, 6) is -0.191. The van der Waals surface area contributed by atoms with Crippen molar-refractivity contribution in [1.29, 1.82) is 0 Å². The molecule has 0 spiro atoms. The van der Waals surface area contributed by atoms with Gasteiger partial charge in [-0.2, -0.15) is 5.10 Å². The van der Waals surface area contributed by atoms with Gasteiger partial charge in [0.15, 0.2) is 0 Å². The van der Waals surface area contributed by atoms with Gasteiger partial charge in [-0.3, -0.25) is 14.4 Å². The van der Waals surface area contributed by atoms with E-state index >= 15 is 0 Å². The number of nitrogens with zero attached hydrogens (tertiary/aromatic N) is 3. The fourth-order valence-corrected chi connectivity index (χ4v) is 1.49. The van der Waals surface area contributed by atoms with E-state index in [1.165, 1.54) is 4.90 Å². The highest BCUT2D eigenvalue weighted by Gasteiger charge is 2.29. The first-order chi connectivity index (χ1) is 7.09. The van der Waals surface area contributed by atoms with Crippen molar-refractivity contribution in [1.82, 2.24) is 20.0 Å². The van der Waals surface area contributed by atoms with Crippen LogP contribution in [0.4, 0.5) is 4.79 Å². The molecule has 1 aliphatic rings. The number of aromatic nitrogens is 2. The molecule has 15 heavy (non-hydrogen) atoms. The Bertz CT molecular complexity index is 408. The predicted octanol–water partition coefficient (Wildman–Crippen LogP) is -0.220. The van der Waals surface area contributed by atoms with E-state index in [1.807, 2.05) is 14.0 Å². The largest absolute Gasteiger partial charge is 0.329 e. The number of imide groups is 1. The highest BCUT2D eigenvalue weighted by molar-refractivity contribution is 6.01. The second-order valence-electron chi connectivity index (χ2n) is 3.52. The lowest BCUT2D eigenvalue weighted by Gasteiger charge is -2.11. The number of amides is 3. The van der Waals surface area contributed by atoms with Crippen LogP contribution in [0.25, 0.3) is 0 Å². The van der Waals surface area contributed by atoms with Crippen LogP contribution in [0.3, 0.4) is 0 Å². The van der Waals surface area contributed by atoms with Gasteiger partial charge in [0.05, 0.1) is 19.3 Å². The summed E-state index contributed by atoms with van der Waals surface area (Å²) in [5, 5.41) is 6.53. The van der Waals surface area contributed by atoms with Crippen LogP contribution in [0.1, 0.15) is 11.3 Å². The third-order valence-electron chi connectivity index (χ3n) is 2.60. The monoisotopic (exact) mass is 208 g/mol. The van der Waals surface area contributed by atoms with E-state index < -0.39 is 0 Å². The van der Waals surface area contributed by atoms with E-state index in [1.54, 1.807) is 10.9 Å². The topological polar surface area (TPSA) is 67.2 Å². The van der Waals surface area contributed by atoms with Crippen LogP contribution in [0.15, 0.2) is 6.20 Å². The third-order valence-corrected chi connectivity index (χ3v) is 2.60. The molecule has 0 atom stereocenters. The maximum atomic E-state index is 11.3. The predicted molar refractivity (Wildman–Crippen MR) is 51.9 cm³/mol. The van der Waals surface area contributed by atoms with Crippen LogP contribution in [-0.4, -0.2) is 33.2 Å². The molecule has 2 rings (SSSR count). The summed E-state index contributed by atoms with van der Waals surface area (Å²) in [7, 11) is 1.82. The van der Waals surface area contributed by atoms with Crippen LogP contribution in [-0.2, 0) is 18.4 Å². The lowest BCUT2D eigenvalue weighted by Crippen LogP contribution is -2.30. The van der Waals surface area contributed by atoms with Gasteiger partial charge in [-0.15, -0.1) is 0 Å². The van der Waals surface area contributed by atoms with Crippen LogP contribution in [0.2, 0.25) is 0 Å². The fraction of sp³-hybridized carbons (Fsp3) is 0.444. The minimum Gasteiger partial charge on any atom is -0.329 e. The zero-order chi connectivity index (χ0) is 11.0. The smallest absolute Gasteiger partial charge is 0.324 e. The molecule has 0 aliphatic carbocycles. The van der Waals surface area contributed by atoms with Gasteiger partial charge in [-0.25, -0.2) is 4.79 Å². The van der Waals surface area contributed by atoms with E-state index in [4.69, 9.17) is 0 Å². The Morgan fingerprint density at radius 3 is 2.73 bits per heavy atom.